The highest BCUT2D eigenvalue weighted by atomic mass is 16.7. The van der Waals surface area contributed by atoms with Crippen molar-refractivity contribution in [2.24, 2.45) is 0 Å². The van der Waals surface area contributed by atoms with Crippen LogP contribution in [-0.2, 0) is 19.6 Å². The van der Waals surface area contributed by atoms with Crippen LogP contribution in [0.25, 0.3) is 22.0 Å². The largest absolute Gasteiger partial charge is 0.493 e. The molecule has 154 valence electrons. The van der Waals surface area contributed by atoms with Gasteiger partial charge < -0.3 is 18.9 Å². The summed E-state index contributed by atoms with van der Waals surface area (Å²) in [6.45, 7) is 1.68. The lowest BCUT2D eigenvalue weighted by molar-refractivity contribution is -0.686. The first-order chi connectivity index (χ1) is 15.3. The summed E-state index contributed by atoms with van der Waals surface area (Å²) in [5.41, 5.74) is 4.78. The summed E-state index contributed by atoms with van der Waals surface area (Å²) in [5, 5.41) is 2.16. The molecule has 0 aliphatic carbocycles. The molecule has 5 heteroatoms. The van der Waals surface area contributed by atoms with Crippen LogP contribution >= 0.6 is 0 Å². The Bertz CT molecular complexity index is 1300. The Labute approximate surface area is 180 Å². The van der Waals surface area contributed by atoms with Crippen LogP contribution in [0, 0.1) is 0 Å². The Kier molecular flexibility index (Phi) is 4.20. The van der Waals surface area contributed by atoms with E-state index in [4.69, 9.17) is 18.9 Å². The zero-order valence-electron chi connectivity index (χ0n) is 17.3. The summed E-state index contributed by atoms with van der Waals surface area (Å²) in [4.78, 5) is 0. The molecule has 3 aromatic carbocycles. The van der Waals surface area contributed by atoms with Crippen molar-refractivity contribution in [3.63, 3.8) is 0 Å². The molecule has 0 unspecified atom stereocenters. The fraction of sp³-hybridized carbons (Fsp3) is 0.192. The number of aryl methyl sites for hydroxylation is 2. The summed E-state index contributed by atoms with van der Waals surface area (Å²) >= 11 is 0. The Balaban J connectivity index is 1.46. The number of fused-ring (bicyclic) bond motifs is 5. The standard InChI is InChI=1S/C26H22NO4/c1-28-23-8-7-18-11-22-20-13-25-24(30-16-31-25)12-19(20)9-10-27(22)14-21(18)26(23)29-15-17-5-3-2-4-6-17/h2-8,11-14H,9-10,15-16H2,1H3/q+1. The first-order valence-corrected chi connectivity index (χ1v) is 10.4. The SMILES string of the molecule is COc1ccc2cc3[n+](cc2c1OCc1ccccc1)CCc1cc2c(cc1-3)OCO2. The average molecular weight is 412 g/mol. The van der Waals surface area contributed by atoms with Crippen LogP contribution in [0.1, 0.15) is 11.1 Å². The van der Waals surface area contributed by atoms with Gasteiger partial charge in [-0.25, -0.2) is 0 Å². The molecule has 3 heterocycles. The van der Waals surface area contributed by atoms with E-state index in [1.54, 1.807) is 7.11 Å². The molecule has 5 nitrogen and oxygen atoms in total. The summed E-state index contributed by atoms with van der Waals surface area (Å²) in [5.74, 6) is 3.17. The first kappa shape index (κ1) is 18.1. The minimum atomic E-state index is 0.290. The number of rotatable bonds is 4. The zero-order valence-corrected chi connectivity index (χ0v) is 17.3. The maximum absolute atomic E-state index is 6.27. The van der Waals surface area contributed by atoms with Gasteiger partial charge in [-0.05, 0) is 40.8 Å². The lowest BCUT2D eigenvalue weighted by atomic mass is 9.95. The van der Waals surface area contributed by atoms with Crippen molar-refractivity contribution in [1.82, 2.24) is 0 Å². The molecule has 0 bridgehead atoms. The topological polar surface area (TPSA) is 40.8 Å². The van der Waals surface area contributed by atoms with Gasteiger partial charge in [0.05, 0.1) is 18.1 Å². The Morgan fingerprint density at radius 3 is 2.65 bits per heavy atom. The Morgan fingerprint density at radius 2 is 1.81 bits per heavy atom. The third kappa shape index (κ3) is 3.05. The second-order valence-electron chi connectivity index (χ2n) is 7.84. The highest BCUT2D eigenvalue weighted by Crippen LogP contribution is 2.41. The molecule has 0 saturated carbocycles. The number of aromatic nitrogens is 1. The lowest BCUT2D eigenvalue weighted by Crippen LogP contribution is -2.40. The summed E-state index contributed by atoms with van der Waals surface area (Å²) in [7, 11) is 1.68. The summed E-state index contributed by atoms with van der Waals surface area (Å²) in [6.07, 6.45) is 3.13. The molecule has 31 heavy (non-hydrogen) atoms. The van der Waals surface area contributed by atoms with E-state index < -0.39 is 0 Å². The van der Waals surface area contributed by atoms with Crippen molar-refractivity contribution in [3.05, 3.63) is 78.0 Å². The van der Waals surface area contributed by atoms with E-state index in [0.717, 1.165) is 52.3 Å². The van der Waals surface area contributed by atoms with Crippen LogP contribution in [0.2, 0.25) is 0 Å². The van der Waals surface area contributed by atoms with Crippen LogP contribution in [-0.4, -0.2) is 13.9 Å². The number of nitrogens with zero attached hydrogens (tertiary/aromatic N) is 1. The van der Waals surface area contributed by atoms with E-state index in [9.17, 15) is 0 Å². The van der Waals surface area contributed by atoms with Gasteiger partial charge in [0.15, 0.2) is 35.7 Å². The average Bonchev–Trinajstić information content (AvgIpc) is 3.28. The van der Waals surface area contributed by atoms with E-state index in [1.807, 2.05) is 24.3 Å². The quantitative estimate of drug-likeness (QED) is 0.457. The highest BCUT2D eigenvalue weighted by Gasteiger charge is 2.28. The molecular formula is C26H22NO4+. The van der Waals surface area contributed by atoms with E-state index in [0.29, 0.717) is 6.61 Å². The van der Waals surface area contributed by atoms with Crippen molar-refractivity contribution in [2.75, 3.05) is 13.9 Å². The molecule has 0 N–H and O–H groups in total. The third-order valence-electron chi connectivity index (χ3n) is 6.02. The maximum atomic E-state index is 6.27. The number of benzene rings is 3. The van der Waals surface area contributed by atoms with Crippen LogP contribution in [0.3, 0.4) is 0 Å². The lowest BCUT2D eigenvalue weighted by Gasteiger charge is -2.18. The van der Waals surface area contributed by atoms with Gasteiger partial charge in [-0.1, -0.05) is 30.3 Å². The second kappa shape index (κ2) is 7.20. The normalized spacial score (nSPS) is 13.6. The van der Waals surface area contributed by atoms with E-state index >= 15 is 0 Å². The van der Waals surface area contributed by atoms with Gasteiger partial charge in [0.25, 0.3) is 0 Å². The van der Waals surface area contributed by atoms with Crippen molar-refractivity contribution in [3.8, 4) is 34.3 Å². The highest BCUT2D eigenvalue weighted by molar-refractivity contribution is 5.91. The Morgan fingerprint density at radius 1 is 0.968 bits per heavy atom. The van der Waals surface area contributed by atoms with Crippen LogP contribution < -0.4 is 23.5 Å². The van der Waals surface area contributed by atoms with E-state index in [-0.39, 0.29) is 6.79 Å². The third-order valence-corrected chi connectivity index (χ3v) is 6.02. The minimum Gasteiger partial charge on any atom is -0.493 e. The fourth-order valence-electron chi connectivity index (χ4n) is 4.44. The minimum absolute atomic E-state index is 0.290. The van der Waals surface area contributed by atoms with Gasteiger partial charge in [0.1, 0.15) is 6.61 Å². The molecule has 0 spiro atoms. The fourth-order valence-corrected chi connectivity index (χ4v) is 4.44. The smallest absolute Gasteiger partial charge is 0.231 e. The molecule has 1 aromatic heterocycles. The predicted molar refractivity (Wildman–Crippen MR) is 117 cm³/mol. The van der Waals surface area contributed by atoms with E-state index in [1.165, 1.54) is 16.8 Å². The first-order valence-electron chi connectivity index (χ1n) is 10.4. The number of pyridine rings is 1. The van der Waals surface area contributed by atoms with Gasteiger partial charge in [-0.2, -0.15) is 4.57 Å². The monoisotopic (exact) mass is 412 g/mol. The van der Waals surface area contributed by atoms with Gasteiger partial charge in [-0.15, -0.1) is 0 Å². The molecule has 0 radical (unpaired) electrons. The van der Waals surface area contributed by atoms with E-state index in [2.05, 4.69) is 47.2 Å². The maximum Gasteiger partial charge on any atom is 0.231 e. The van der Waals surface area contributed by atoms with Crippen molar-refractivity contribution in [1.29, 1.82) is 0 Å². The molecule has 4 aromatic rings. The molecule has 0 atom stereocenters. The number of hydrogen-bond donors (Lipinski definition) is 0. The summed E-state index contributed by atoms with van der Waals surface area (Å²) in [6, 6.07) is 20.7. The number of hydrogen-bond acceptors (Lipinski definition) is 4. The number of methoxy groups -OCH3 is 1. The van der Waals surface area contributed by atoms with Gasteiger partial charge >= 0.3 is 0 Å². The van der Waals surface area contributed by atoms with Crippen molar-refractivity contribution >= 4 is 10.8 Å². The van der Waals surface area contributed by atoms with Crippen LogP contribution in [0.5, 0.6) is 23.0 Å². The summed E-state index contributed by atoms with van der Waals surface area (Å²) < 4.78 is 25.4. The van der Waals surface area contributed by atoms with Gasteiger partial charge in [0.2, 0.25) is 12.5 Å². The molecule has 0 saturated heterocycles. The van der Waals surface area contributed by atoms with Crippen LogP contribution in [0.4, 0.5) is 0 Å². The molecule has 2 aliphatic rings. The molecule has 0 amide bonds. The second-order valence-corrected chi connectivity index (χ2v) is 7.84. The number of ether oxygens (including phenoxy) is 4. The zero-order chi connectivity index (χ0) is 20.8. The molecular weight excluding hydrogens is 390 g/mol. The van der Waals surface area contributed by atoms with Crippen LogP contribution in [0.15, 0.2) is 66.9 Å². The van der Waals surface area contributed by atoms with Gasteiger partial charge in [-0.3, -0.25) is 0 Å². The van der Waals surface area contributed by atoms with Gasteiger partial charge in [0, 0.05) is 12.5 Å². The Hall–Kier alpha value is -3.73. The van der Waals surface area contributed by atoms with Crippen molar-refractivity contribution < 1.29 is 23.5 Å². The predicted octanol–water partition coefficient (Wildman–Crippen LogP) is 4.67. The van der Waals surface area contributed by atoms with Crippen molar-refractivity contribution in [2.45, 2.75) is 19.6 Å². The molecule has 6 rings (SSSR count). The molecule has 0 fully saturated rings. The molecule has 2 aliphatic heterocycles.